The van der Waals surface area contributed by atoms with E-state index >= 15 is 0 Å². The lowest BCUT2D eigenvalue weighted by molar-refractivity contribution is 0.221. The number of fused-ring (bicyclic) bond motifs is 1. The van der Waals surface area contributed by atoms with Gasteiger partial charge in [-0.15, -0.1) is 11.3 Å². The second-order valence-electron chi connectivity index (χ2n) is 6.77. The Labute approximate surface area is 184 Å². The molecule has 0 amide bonds. The SMILES string of the molecule is CNc1ccc(-c2nc3ccc(OCCOS(=O)(=O)c4ccc(C)cc4)cc3s2)cn1. The zero-order valence-corrected chi connectivity index (χ0v) is 18.7. The monoisotopic (exact) mass is 455 g/mol. The van der Waals surface area contributed by atoms with Crippen molar-refractivity contribution in [2.45, 2.75) is 11.8 Å². The average Bonchev–Trinajstić information content (AvgIpc) is 3.20. The van der Waals surface area contributed by atoms with Crippen molar-refractivity contribution in [2.75, 3.05) is 25.6 Å². The van der Waals surface area contributed by atoms with E-state index in [-0.39, 0.29) is 18.1 Å². The molecule has 7 nitrogen and oxygen atoms in total. The minimum absolute atomic E-state index is 0.0777. The molecule has 0 spiro atoms. The third-order valence-electron chi connectivity index (χ3n) is 4.53. The van der Waals surface area contributed by atoms with Gasteiger partial charge >= 0.3 is 0 Å². The van der Waals surface area contributed by atoms with Crippen molar-refractivity contribution in [2.24, 2.45) is 0 Å². The van der Waals surface area contributed by atoms with Gasteiger partial charge in [-0.3, -0.25) is 4.18 Å². The maximum Gasteiger partial charge on any atom is 0.297 e. The molecule has 4 rings (SSSR count). The molecule has 2 aromatic carbocycles. The van der Waals surface area contributed by atoms with Crippen molar-refractivity contribution in [3.63, 3.8) is 0 Å². The number of hydrogen-bond acceptors (Lipinski definition) is 8. The first kappa shape index (κ1) is 21.2. The first-order valence-corrected chi connectivity index (χ1v) is 11.8. The van der Waals surface area contributed by atoms with Crippen LogP contribution in [-0.4, -0.2) is 38.6 Å². The summed E-state index contributed by atoms with van der Waals surface area (Å²) < 4.78 is 36.1. The van der Waals surface area contributed by atoms with Crippen molar-refractivity contribution in [3.05, 3.63) is 66.4 Å². The Balaban J connectivity index is 1.38. The predicted molar refractivity (Wildman–Crippen MR) is 122 cm³/mol. The Hall–Kier alpha value is -3.01. The van der Waals surface area contributed by atoms with Crippen molar-refractivity contribution >= 4 is 37.5 Å². The molecule has 0 atom stereocenters. The summed E-state index contributed by atoms with van der Waals surface area (Å²) in [6, 6.07) is 16.0. The van der Waals surface area contributed by atoms with Gasteiger partial charge in [0.1, 0.15) is 29.8 Å². The molecule has 0 aliphatic rings. The largest absolute Gasteiger partial charge is 0.491 e. The van der Waals surface area contributed by atoms with Gasteiger partial charge in [0.15, 0.2) is 0 Å². The smallest absolute Gasteiger partial charge is 0.297 e. The fourth-order valence-electron chi connectivity index (χ4n) is 2.86. The summed E-state index contributed by atoms with van der Waals surface area (Å²) in [6.45, 7) is 1.92. The van der Waals surface area contributed by atoms with Crippen molar-refractivity contribution < 1.29 is 17.3 Å². The summed E-state index contributed by atoms with van der Waals surface area (Å²) in [5, 5.41) is 3.86. The van der Waals surface area contributed by atoms with Crippen LogP contribution >= 0.6 is 11.3 Å². The summed E-state index contributed by atoms with van der Waals surface area (Å²) in [4.78, 5) is 9.10. The molecule has 0 saturated carbocycles. The summed E-state index contributed by atoms with van der Waals surface area (Å²) in [5.41, 5.74) is 2.79. The van der Waals surface area contributed by atoms with E-state index in [9.17, 15) is 8.42 Å². The maximum absolute atomic E-state index is 12.2. The van der Waals surface area contributed by atoms with E-state index in [0.29, 0.717) is 5.75 Å². The molecular formula is C22H21N3O4S2. The van der Waals surface area contributed by atoms with Crippen molar-refractivity contribution in [1.82, 2.24) is 9.97 Å². The third kappa shape index (κ3) is 5.01. The topological polar surface area (TPSA) is 90.4 Å². The summed E-state index contributed by atoms with van der Waals surface area (Å²) in [6.07, 6.45) is 1.78. The Morgan fingerprint density at radius 2 is 1.84 bits per heavy atom. The standard InChI is InChI=1S/C22H21N3O4S2/c1-15-3-7-18(8-4-15)31(26,27)29-12-11-28-17-6-9-19-20(13-17)30-22(25-19)16-5-10-21(23-2)24-14-16/h3-10,13-14H,11-12H2,1-2H3,(H,23,24). The molecule has 0 aliphatic carbocycles. The fraction of sp³-hybridized carbons (Fsp3) is 0.182. The van der Waals surface area contributed by atoms with Gasteiger partial charge in [0.2, 0.25) is 0 Å². The summed E-state index contributed by atoms with van der Waals surface area (Å²) in [5.74, 6) is 1.43. The molecule has 2 aromatic heterocycles. The van der Waals surface area contributed by atoms with Crippen LogP contribution in [0.15, 0.2) is 65.7 Å². The highest BCUT2D eigenvalue weighted by molar-refractivity contribution is 7.86. The van der Waals surface area contributed by atoms with E-state index in [2.05, 4.69) is 15.3 Å². The normalized spacial score (nSPS) is 11.5. The van der Waals surface area contributed by atoms with E-state index in [0.717, 1.165) is 32.2 Å². The van der Waals surface area contributed by atoms with Gasteiger partial charge in [0, 0.05) is 18.8 Å². The summed E-state index contributed by atoms with van der Waals surface area (Å²) in [7, 11) is -1.97. The van der Waals surface area contributed by atoms with Crippen LogP contribution in [0.5, 0.6) is 5.75 Å². The van der Waals surface area contributed by atoms with Crippen LogP contribution in [0.3, 0.4) is 0 Å². The van der Waals surface area contributed by atoms with Crippen molar-refractivity contribution in [1.29, 1.82) is 0 Å². The summed E-state index contributed by atoms with van der Waals surface area (Å²) >= 11 is 1.54. The van der Waals surface area contributed by atoms with E-state index in [4.69, 9.17) is 8.92 Å². The number of nitrogens with zero attached hydrogens (tertiary/aromatic N) is 2. The van der Waals surface area contributed by atoms with Crippen LogP contribution in [0.1, 0.15) is 5.56 Å². The van der Waals surface area contributed by atoms with Gasteiger partial charge in [-0.1, -0.05) is 17.7 Å². The number of aryl methyl sites for hydroxylation is 1. The van der Waals surface area contributed by atoms with Gasteiger partial charge < -0.3 is 10.1 Å². The second-order valence-corrected chi connectivity index (χ2v) is 9.41. The fourth-order valence-corrected chi connectivity index (χ4v) is 4.74. The van der Waals surface area contributed by atoms with Crippen LogP contribution in [0.2, 0.25) is 0 Å². The lowest BCUT2D eigenvalue weighted by atomic mass is 10.2. The Morgan fingerprint density at radius 1 is 1.03 bits per heavy atom. The number of benzene rings is 2. The molecule has 2 heterocycles. The number of nitrogens with one attached hydrogen (secondary N) is 1. The van der Waals surface area contributed by atoms with Gasteiger partial charge in [0.25, 0.3) is 10.1 Å². The highest BCUT2D eigenvalue weighted by Crippen LogP contribution is 2.32. The molecule has 0 fully saturated rings. The third-order valence-corrected chi connectivity index (χ3v) is 6.92. The minimum Gasteiger partial charge on any atom is -0.491 e. The van der Waals surface area contributed by atoms with Gasteiger partial charge in [-0.25, -0.2) is 9.97 Å². The number of hydrogen-bond donors (Lipinski definition) is 1. The molecule has 0 saturated heterocycles. The zero-order chi connectivity index (χ0) is 21.8. The average molecular weight is 456 g/mol. The van der Waals surface area contributed by atoms with Crippen LogP contribution < -0.4 is 10.1 Å². The van der Waals surface area contributed by atoms with Crippen molar-refractivity contribution in [3.8, 4) is 16.3 Å². The molecular weight excluding hydrogens is 434 g/mol. The van der Waals surface area contributed by atoms with E-state index in [1.54, 1.807) is 29.7 Å². The van der Waals surface area contributed by atoms with Gasteiger partial charge in [-0.2, -0.15) is 8.42 Å². The van der Waals surface area contributed by atoms with Crippen LogP contribution in [0.25, 0.3) is 20.8 Å². The molecule has 1 N–H and O–H groups in total. The van der Waals surface area contributed by atoms with E-state index in [1.165, 1.54) is 12.1 Å². The van der Waals surface area contributed by atoms with Crippen LogP contribution in [0, 0.1) is 6.92 Å². The molecule has 0 aliphatic heterocycles. The molecule has 31 heavy (non-hydrogen) atoms. The molecule has 0 unspecified atom stereocenters. The van der Waals surface area contributed by atoms with E-state index in [1.807, 2.05) is 44.3 Å². The zero-order valence-electron chi connectivity index (χ0n) is 17.0. The highest BCUT2D eigenvalue weighted by atomic mass is 32.2. The van der Waals surface area contributed by atoms with Gasteiger partial charge in [0.05, 0.1) is 15.1 Å². The Kier molecular flexibility index (Phi) is 6.17. The van der Waals surface area contributed by atoms with Crippen LogP contribution in [0.4, 0.5) is 5.82 Å². The predicted octanol–water partition coefficient (Wildman–Crippen LogP) is 4.49. The number of aromatic nitrogens is 2. The molecule has 0 radical (unpaired) electrons. The first-order chi connectivity index (χ1) is 14.9. The number of rotatable bonds is 8. The Morgan fingerprint density at radius 3 is 2.55 bits per heavy atom. The number of thiazole rings is 1. The maximum atomic E-state index is 12.2. The lowest BCUT2D eigenvalue weighted by Gasteiger charge is -2.08. The molecule has 160 valence electrons. The molecule has 4 aromatic rings. The molecule has 0 bridgehead atoms. The van der Waals surface area contributed by atoms with Gasteiger partial charge in [-0.05, 0) is 49.4 Å². The highest BCUT2D eigenvalue weighted by Gasteiger charge is 2.15. The second kappa shape index (κ2) is 9.01. The van der Waals surface area contributed by atoms with E-state index < -0.39 is 10.1 Å². The molecule has 9 heteroatoms. The van der Waals surface area contributed by atoms with Crippen LogP contribution in [-0.2, 0) is 14.3 Å². The number of anilines is 1. The first-order valence-electron chi connectivity index (χ1n) is 9.58. The number of pyridine rings is 1. The number of ether oxygens (including phenoxy) is 1. The minimum atomic E-state index is -3.80. The Bertz CT molecular complexity index is 1280. The lowest BCUT2D eigenvalue weighted by Crippen LogP contribution is -2.13. The quantitative estimate of drug-likeness (QED) is 0.309.